The average molecular weight is 380 g/mol. The highest BCUT2D eigenvalue weighted by Gasteiger charge is 2.09. The van der Waals surface area contributed by atoms with Crippen molar-refractivity contribution in [2.75, 3.05) is 13.2 Å². The van der Waals surface area contributed by atoms with Gasteiger partial charge in [-0.15, -0.1) is 0 Å². The van der Waals surface area contributed by atoms with Crippen LogP contribution in [0.1, 0.15) is 11.1 Å². The van der Waals surface area contributed by atoms with Crippen molar-refractivity contribution in [3.05, 3.63) is 79.9 Å². The molecule has 26 heavy (non-hydrogen) atoms. The quantitative estimate of drug-likeness (QED) is 0.380. The number of hydrogen-bond donors (Lipinski definition) is 1. The van der Waals surface area contributed by atoms with E-state index in [9.17, 15) is 25.1 Å². The molecule has 0 aliphatic carbocycles. The Labute approximate surface area is 150 Å². The topological polar surface area (TPSA) is 125 Å². The average Bonchev–Trinajstić information content (AvgIpc) is 2.62. The largest absolute Gasteiger partial charge is 0.329 e. The molecule has 0 spiro atoms. The van der Waals surface area contributed by atoms with Gasteiger partial charge in [0.25, 0.3) is 11.4 Å². The van der Waals surface area contributed by atoms with E-state index >= 15 is 0 Å². The molecule has 10 heteroatoms. The van der Waals surface area contributed by atoms with Crippen LogP contribution in [0, 0.1) is 20.2 Å². The molecule has 2 aromatic rings. The number of nitro benzene ring substituents is 2. The number of non-ortho nitro benzene ring substituents is 2. The first-order valence-electron chi connectivity index (χ1n) is 7.67. The molecule has 0 amide bonds. The van der Waals surface area contributed by atoms with Gasteiger partial charge in [-0.2, -0.15) is 0 Å². The third-order valence-corrected chi connectivity index (χ3v) is 4.29. The Morgan fingerprint density at radius 1 is 0.769 bits per heavy atom. The zero-order valence-corrected chi connectivity index (χ0v) is 14.6. The van der Waals surface area contributed by atoms with Crippen LogP contribution in [0.2, 0.25) is 0 Å². The van der Waals surface area contributed by atoms with Crippen LogP contribution in [0.5, 0.6) is 0 Å². The molecule has 0 saturated carbocycles. The van der Waals surface area contributed by atoms with E-state index in [2.05, 4.69) is 0 Å². The van der Waals surface area contributed by atoms with Crippen molar-refractivity contribution >= 4 is 20.0 Å². The van der Waals surface area contributed by atoms with E-state index in [1.165, 1.54) is 24.3 Å². The molecule has 0 aliphatic rings. The molecule has 0 aromatic heterocycles. The molecule has 1 N–H and O–H groups in total. The SMILES string of the molecule is O=[N+]([O-])c1ccc(CCOP(O)OCCc2ccc([N+](=O)[O-])cc2)cc1. The summed E-state index contributed by atoms with van der Waals surface area (Å²) >= 11 is 0. The van der Waals surface area contributed by atoms with E-state index in [0.717, 1.165) is 11.1 Å². The van der Waals surface area contributed by atoms with Crippen molar-refractivity contribution in [1.82, 2.24) is 0 Å². The highest BCUT2D eigenvalue weighted by molar-refractivity contribution is 7.40. The maximum absolute atomic E-state index is 10.6. The molecule has 0 heterocycles. The number of benzene rings is 2. The molecule has 2 rings (SSSR count). The smallest absolute Gasteiger partial charge is 0.328 e. The minimum Gasteiger partial charge on any atom is -0.328 e. The van der Waals surface area contributed by atoms with E-state index in [1.54, 1.807) is 24.3 Å². The van der Waals surface area contributed by atoms with Gasteiger partial charge in [0.2, 0.25) is 0 Å². The van der Waals surface area contributed by atoms with Crippen LogP contribution < -0.4 is 0 Å². The maximum atomic E-state index is 10.6. The van der Waals surface area contributed by atoms with Crippen LogP contribution in [0.25, 0.3) is 0 Å². The van der Waals surface area contributed by atoms with Crippen molar-refractivity contribution in [3.63, 3.8) is 0 Å². The van der Waals surface area contributed by atoms with E-state index < -0.39 is 18.4 Å². The second-order valence-electron chi connectivity index (χ2n) is 5.25. The normalized spacial score (nSPS) is 10.8. The molecule has 2 aromatic carbocycles. The summed E-state index contributed by atoms with van der Waals surface area (Å²) in [7, 11) is -2.02. The fraction of sp³-hybridized carbons (Fsp3) is 0.250. The number of rotatable bonds is 10. The Hall–Kier alpha value is -2.45. The highest BCUT2D eigenvalue weighted by Crippen LogP contribution is 2.33. The lowest BCUT2D eigenvalue weighted by atomic mass is 10.1. The van der Waals surface area contributed by atoms with E-state index in [-0.39, 0.29) is 24.6 Å². The summed E-state index contributed by atoms with van der Waals surface area (Å²) < 4.78 is 10.4. The molecule has 0 bridgehead atoms. The summed E-state index contributed by atoms with van der Waals surface area (Å²) in [6.45, 7) is 0.440. The summed E-state index contributed by atoms with van der Waals surface area (Å²) in [6.07, 6.45) is 0.978. The molecule has 0 saturated heterocycles. The van der Waals surface area contributed by atoms with Gasteiger partial charge in [0.15, 0.2) is 0 Å². The number of nitrogens with zero attached hydrogens (tertiary/aromatic N) is 2. The fourth-order valence-corrected chi connectivity index (χ4v) is 2.66. The molecule has 138 valence electrons. The van der Waals surface area contributed by atoms with Gasteiger partial charge in [0, 0.05) is 24.3 Å². The summed E-state index contributed by atoms with van der Waals surface area (Å²) in [6, 6.07) is 12.2. The van der Waals surface area contributed by atoms with Crippen molar-refractivity contribution < 1.29 is 23.8 Å². The lowest BCUT2D eigenvalue weighted by Crippen LogP contribution is -2.00. The predicted molar refractivity (Wildman–Crippen MR) is 94.6 cm³/mol. The Balaban J connectivity index is 1.64. The van der Waals surface area contributed by atoms with Gasteiger partial charge >= 0.3 is 8.60 Å². The lowest BCUT2D eigenvalue weighted by Gasteiger charge is -2.10. The van der Waals surface area contributed by atoms with Gasteiger partial charge in [-0.05, 0) is 24.0 Å². The zero-order valence-electron chi connectivity index (χ0n) is 13.7. The third kappa shape index (κ3) is 6.45. The monoisotopic (exact) mass is 380 g/mol. The van der Waals surface area contributed by atoms with Gasteiger partial charge in [-0.25, -0.2) is 0 Å². The molecular weight excluding hydrogens is 363 g/mol. The predicted octanol–water partition coefficient (Wildman–Crippen LogP) is 3.54. The first kappa shape index (κ1) is 19.9. The minimum atomic E-state index is -2.02. The van der Waals surface area contributed by atoms with Gasteiger partial charge in [0.05, 0.1) is 23.1 Å². The van der Waals surface area contributed by atoms with Crippen molar-refractivity contribution in [1.29, 1.82) is 0 Å². The van der Waals surface area contributed by atoms with Crippen LogP contribution in [0.4, 0.5) is 11.4 Å². The Morgan fingerprint density at radius 2 is 1.12 bits per heavy atom. The first-order valence-corrected chi connectivity index (χ1v) is 8.80. The lowest BCUT2D eigenvalue weighted by molar-refractivity contribution is -0.385. The fourth-order valence-electron chi connectivity index (χ4n) is 2.09. The second-order valence-corrected chi connectivity index (χ2v) is 6.24. The van der Waals surface area contributed by atoms with Crippen molar-refractivity contribution in [2.24, 2.45) is 0 Å². The van der Waals surface area contributed by atoms with Crippen LogP contribution in [0.15, 0.2) is 48.5 Å². The summed E-state index contributed by atoms with van der Waals surface area (Å²) in [4.78, 5) is 29.9. The van der Waals surface area contributed by atoms with Gasteiger partial charge in [-0.1, -0.05) is 24.3 Å². The van der Waals surface area contributed by atoms with Crippen molar-refractivity contribution in [2.45, 2.75) is 12.8 Å². The second kappa shape index (κ2) is 9.88. The molecule has 0 fully saturated rings. The van der Waals surface area contributed by atoms with E-state index in [0.29, 0.717) is 12.8 Å². The molecule has 0 aliphatic heterocycles. The van der Waals surface area contributed by atoms with Gasteiger partial charge in [0.1, 0.15) is 0 Å². The Kier molecular flexibility index (Phi) is 7.55. The standard InChI is InChI=1S/C16H17N2O7P/c19-17(20)15-5-1-13(2-6-15)9-11-24-26(23)25-12-10-14-3-7-16(8-4-14)18(21)22/h1-8,23H,9-12H2. The van der Waals surface area contributed by atoms with Gasteiger partial charge in [-0.3, -0.25) is 20.2 Å². The van der Waals surface area contributed by atoms with Crippen LogP contribution in [0.3, 0.4) is 0 Å². The summed E-state index contributed by atoms with van der Waals surface area (Å²) in [5.41, 5.74) is 1.75. The molecular formula is C16H17N2O7P. The molecule has 9 nitrogen and oxygen atoms in total. The molecule has 0 unspecified atom stereocenters. The Bertz CT molecular complexity index is 674. The van der Waals surface area contributed by atoms with Gasteiger partial charge < -0.3 is 13.9 Å². The van der Waals surface area contributed by atoms with Crippen LogP contribution in [-0.4, -0.2) is 28.0 Å². The van der Waals surface area contributed by atoms with Crippen LogP contribution >= 0.6 is 8.60 Å². The van der Waals surface area contributed by atoms with Crippen molar-refractivity contribution in [3.8, 4) is 0 Å². The third-order valence-electron chi connectivity index (χ3n) is 3.48. The van der Waals surface area contributed by atoms with Crippen LogP contribution in [-0.2, 0) is 21.9 Å². The minimum absolute atomic E-state index is 0.0219. The molecule has 0 radical (unpaired) electrons. The van der Waals surface area contributed by atoms with E-state index in [1.807, 2.05) is 0 Å². The Morgan fingerprint density at radius 3 is 1.42 bits per heavy atom. The zero-order chi connectivity index (χ0) is 18.9. The number of nitro groups is 2. The number of hydrogen-bond acceptors (Lipinski definition) is 7. The summed E-state index contributed by atoms with van der Waals surface area (Å²) in [5.74, 6) is 0. The van der Waals surface area contributed by atoms with E-state index in [4.69, 9.17) is 9.05 Å². The summed E-state index contributed by atoms with van der Waals surface area (Å²) in [5, 5.41) is 21.1. The molecule has 0 atom stereocenters. The maximum Gasteiger partial charge on any atom is 0.329 e. The first-order chi connectivity index (χ1) is 12.5. The highest BCUT2D eigenvalue weighted by atomic mass is 31.2.